The van der Waals surface area contributed by atoms with Crippen molar-refractivity contribution in [3.8, 4) is 17.2 Å². The normalized spacial score (nSPS) is 16.2. The van der Waals surface area contributed by atoms with Gasteiger partial charge >= 0.3 is 0 Å². The second-order valence-electron chi connectivity index (χ2n) is 8.10. The first-order valence-electron chi connectivity index (χ1n) is 10.7. The van der Waals surface area contributed by atoms with Crippen molar-refractivity contribution in [3.05, 3.63) is 47.4 Å². The van der Waals surface area contributed by atoms with Gasteiger partial charge in [0.05, 0.1) is 23.6 Å². The number of aliphatic hydroxyl groups is 1. The maximum Gasteiger partial charge on any atom is 0.225 e. The SMILES string of the molecule is C=Cc1cc(-c2c(C3CC3)nc(N3CCN(C(=O)CCO)CC3)c(C#N)c2C)ccn1. The van der Waals surface area contributed by atoms with Gasteiger partial charge in [0.1, 0.15) is 11.9 Å². The van der Waals surface area contributed by atoms with Gasteiger partial charge in [-0.1, -0.05) is 6.58 Å². The van der Waals surface area contributed by atoms with Gasteiger partial charge in [0, 0.05) is 50.3 Å². The topological polar surface area (TPSA) is 93.4 Å². The van der Waals surface area contributed by atoms with E-state index >= 15 is 0 Å². The molecule has 0 atom stereocenters. The number of carbonyl (C=O) groups is 1. The van der Waals surface area contributed by atoms with Gasteiger partial charge in [-0.3, -0.25) is 9.78 Å². The summed E-state index contributed by atoms with van der Waals surface area (Å²) in [6.45, 7) is 8.07. The first-order valence-corrected chi connectivity index (χ1v) is 10.7. The smallest absolute Gasteiger partial charge is 0.225 e. The number of piperazine rings is 1. The van der Waals surface area contributed by atoms with E-state index in [2.05, 4.69) is 22.5 Å². The van der Waals surface area contributed by atoms with E-state index in [1.165, 1.54) is 0 Å². The molecule has 31 heavy (non-hydrogen) atoms. The second kappa shape index (κ2) is 8.86. The average Bonchev–Trinajstić information content (AvgIpc) is 3.64. The van der Waals surface area contributed by atoms with Gasteiger partial charge < -0.3 is 14.9 Å². The first kappa shape index (κ1) is 21.0. The summed E-state index contributed by atoms with van der Waals surface area (Å²) in [5.74, 6) is 1.10. The highest BCUT2D eigenvalue weighted by atomic mass is 16.3. The van der Waals surface area contributed by atoms with Crippen molar-refractivity contribution in [2.45, 2.75) is 32.1 Å². The van der Waals surface area contributed by atoms with E-state index in [-0.39, 0.29) is 18.9 Å². The molecule has 2 fully saturated rings. The van der Waals surface area contributed by atoms with Gasteiger partial charge in [-0.05, 0) is 49.1 Å². The first-order chi connectivity index (χ1) is 15.1. The Morgan fingerprint density at radius 2 is 2.10 bits per heavy atom. The number of nitriles is 1. The average molecular weight is 418 g/mol. The number of aromatic nitrogens is 2. The van der Waals surface area contributed by atoms with Gasteiger partial charge in [-0.15, -0.1) is 0 Å². The summed E-state index contributed by atoms with van der Waals surface area (Å²) in [4.78, 5) is 25.3. The third kappa shape index (κ3) is 4.17. The number of rotatable bonds is 6. The number of amides is 1. The molecule has 4 rings (SSSR count). The van der Waals surface area contributed by atoms with E-state index in [0.717, 1.165) is 46.7 Å². The summed E-state index contributed by atoms with van der Waals surface area (Å²) in [5, 5.41) is 19.0. The minimum atomic E-state index is -0.132. The van der Waals surface area contributed by atoms with E-state index in [9.17, 15) is 10.1 Å². The molecule has 1 aliphatic carbocycles. The highest BCUT2D eigenvalue weighted by Crippen LogP contribution is 2.46. The standard InChI is InChI=1S/C24H27N5O2/c1-3-19-14-18(6-8-26-19)22-16(2)20(15-25)24(27-23(22)17-4-5-17)29-11-9-28(10-12-29)21(31)7-13-30/h3,6,8,14,17,30H,1,4-5,7,9-13H2,2H3. The minimum Gasteiger partial charge on any atom is -0.396 e. The van der Waals surface area contributed by atoms with Crippen LogP contribution < -0.4 is 4.90 Å². The molecule has 160 valence electrons. The van der Waals surface area contributed by atoms with Crippen molar-refractivity contribution in [1.82, 2.24) is 14.9 Å². The van der Waals surface area contributed by atoms with E-state index in [1.807, 2.05) is 19.1 Å². The maximum absolute atomic E-state index is 12.1. The highest BCUT2D eigenvalue weighted by molar-refractivity contribution is 5.78. The molecule has 0 bridgehead atoms. The van der Waals surface area contributed by atoms with Crippen LogP contribution in [0.5, 0.6) is 0 Å². The highest BCUT2D eigenvalue weighted by Gasteiger charge is 2.33. The number of anilines is 1. The van der Waals surface area contributed by atoms with Crippen LogP contribution in [-0.4, -0.2) is 58.7 Å². The van der Waals surface area contributed by atoms with Crippen LogP contribution in [0, 0.1) is 18.3 Å². The molecular formula is C24H27N5O2. The predicted octanol–water partition coefficient (Wildman–Crippen LogP) is 2.88. The Hall–Kier alpha value is -3.24. The molecule has 1 aliphatic heterocycles. The summed E-state index contributed by atoms with van der Waals surface area (Å²) >= 11 is 0. The van der Waals surface area contributed by atoms with Crippen molar-refractivity contribution >= 4 is 17.8 Å². The Balaban J connectivity index is 1.71. The van der Waals surface area contributed by atoms with Crippen molar-refractivity contribution in [1.29, 1.82) is 5.26 Å². The number of nitrogens with zero attached hydrogens (tertiary/aromatic N) is 5. The lowest BCUT2D eigenvalue weighted by Gasteiger charge is -2.36. The second-order valence-corrected chi connectivity index (χ2v) is 8.10. The van der Waals surface area contributed by atoms with Crippen molar-refractivity contribution in [2.24, 2.45) is 0 Å². The molecule has 3 heterocycles. The Labute approximate surface area is 182 Å². The zero-order valence-corrected chi connectivity index (χ0v) is 17.8. The third-order valence-corrected chi connectivity index (χ3v) is 6.07. The molecule has 0 spiro atoms. The zero-order chi connectivity index (χ0) is 22.0. The van der Waals surface area contributed by atoms with E-state index in [0.29, 0.717) is 37.7 Å². The number of carbonyl (C=O) groups excluding carboxylic acids is 1. The van der Waals surface area contributed by atoms with E-state index in [4.69, 9.17) is 10.1 Å². The lowest BCUT2D eigenvalue weighted by molar-refractivity contribution is -0.132. The van der Waals surface area contributed by atoms with Crippen molar-refractivity contribution < 1.29 is 9.90 Å². The largest absolute Gasteiger partial charge is 0.396 e. The quantitative estimate of drug-likeness (QED) is 0.777. The molecule has 1 N–H and O–H groups in total. The summed E-state index contributed by atoms with van der Waals surface area (Å²) in [5.41, 5.74) is 5.42. The van der Waals surface area contributed by atoms with Crippen molar-refractivity contribution in [3.63, 3.8) is 0 Å². The molecule has 1 saturated carbocycles. The number of pyridine rings is 2. The summed E-state index contributed by atoms with van der Waals surface area (Å²) in [6, 6.07) is 6.35. The van der Waals surface area contributed by atoms with Crippen LogP contribution in [0.15, 0.2) is 24.9 Å². The minimum absolute atomic E-state index is 0.0310. The van der Waals surface area contributed by atoms with E-state index < -0.39 is 0 Å². The Morgan fingerprint density at radius 1 is 1.35 bits per heavy atom. The molecule has 7 nitrogen and oxygen atoms in total. The van der Waals surface area contributed by atoms with Crippen LogP contribution in [0.2, 0.25) is 0 Å². The zero-order valence-electron chi connectivity index (χ0n) is 17.8. The van der Waals surface area contributed by atoms with Gasteiger partial charge in [0.2, 0.25) is 5.91 Å². The monoisotopic (exact) mass is 417 g/mol. The van der Waals surface area contributed by atoms with Gasteiger partial charge in [0.15, 0.2) is 0 Å². The predicted molar refractivity (Wildman–Crippen MR) is 119 cm³/mol. The molecule has 7 heteroatoms. The molecule has 2 aliphatic rings. The Morgan fingerprint density at radius 3 is 2.71 bits per heavy atom. The number of hydrogen-bond donors (Lipinski definition) is 1. The maximum atomic E-state index is 12.1. The fraction of sp³-hybridized carbons (Fsp3) is 0.417. The molecule has 2 aromatic rings. The van der Waals surface area contributed by atoms with Gasteiger partial charge in [-0.2, -0.15) is 5.26 Å². The Bertz CT molecular complexity index is 1050. The summed E-state index contributed by atoms with van der Waals surface area (Å²) in [7, 11) is 0. The van der Waals surface area contributed by atoms with Crippen LogP contribution >= 0.6 is 0 Å². The molecule has 0 aromatic carbocycles. The van der Waals surface area contributed by atoms with Crippen LogP contribution in [-0.2, 0) is 4.79 Å². The fourth-order valence-corrected chi connectivity index (χ4v) is 4.23. The molecule has 0 unspecified atom stereocenters. The lowest BCUT2D eigenvalue weighted by Crippen LogP contribution is -2.49. The molecular weight excluding hydrogens is 390 g/mol. The molecule has 0 radical (unpaired) electrons. The van der Waals surface area contributed by atoms with Crippen LogP contribution in [0.4, 0.5) is 5.82 Å². The molecule has 1 amide bonds. The van der Waals surface area contributed by atoms with Gasteiger partial charge in [0.25, 0.3) is 0 Å². The van der Waals surface area contributed by atoms with Crippen LogP contribution in [0.25, 0.3) is 17.2 Å². The Kier molecular flexibility index (Phi) is 6.01. The van der Waals surface area contributed by atoms with Crippen molar-refractivity contribution in [2.75, 3.05) is 37.7 Å². The summed E-state index contributed by atoms with van der Waals surface area (Å²) < 4.78 is 0. The third-order valence-electron chi connectivity index (χ3n) is 6.07. The van der Waals surface area contributed by atoms with Crippen LogP contribution in [0.3, 0.4) is 0 Å². The van der Waals surface area contributed by atoms with Gasteiger partial charge in [-0.25, -0.2) is 4.98 Å². The van der Waals surface area contributed by atoms with E-state index in [1.54, 1.807) is 17.2 Å². The number of hydrogen-bond acceptors (Lipinski definition) is 6. The lowest BCUT2D eigenvalue weighted by atomic mass is 9.93. The molecule has 2 aromatic heterocycles. The van der Waals surface area contributed by atoms with Crippen LogP contribution in [0.1, 0.15) is 47.7 Å². The number of aliphatic hydroxyl groups excluding tert-OH is 1. The summed E-state index contributed by atoms with van der Waals surface area (Å²) in [6.07, 6.45) is 5.85. The molecule has 1 saturated heterocycles. The fourth-order valence-electron chi connectivity index (χ4n) is 4.23.